The number of alkyl halides is 6. The van der Waals surface area contributed by atoms with Crippen molar-refractivity contribution < 1.29 is 40.6 Å². The zero-order valence-electron chi connectivity index (χ0n) is 20.9. The van der Waals surface area contributed by atoms with Crippen molar-refractivity contribution in [1.82, 2.24) is 20.1 Å². The molecule has 1 fully saturated rings. The van der Waals surface area contributed by atoms with Gasteiger partial charge in [0.25, 0.3) is 5.56 Å². The Morgan fingerprint density at radius 2 is 1.97 bits per heavy atom. The van der Waals surface area contributed by atoms with Crippen molar-refractivity contribution in [1.29, 1.82) is 0 Å². The van der Waals surface area contributed by atoms with Gasteiger partial charge in [0.1, 0.15) is 12.2 Å². The van der Waals surface area contributed by atoms with E-state index < -0.39 is 40.8 Å². The first-order valence-corrected chi connectivity index (χ1v) is 12.0. The van der Waals surface area contributed by atoms with Gasteiger partial charge in [0.15, 0.2) is 11.6 Å². The molecule has 4 rings (SSSR count). The summed E-state index contributed by atoms with van der Waals surface area (Å²) >= 11 is 0. The SMILES string of the molecule is C[C@@H]1CN(C(=O)CCOC[C@H](C)Nc2cn[nH]c(=O)c2C(F)(F)F)C[C@H]2COc3cc(C(F)(F)F)cnc3N21. The number of rotatable bonds is 7. The third-order valence-electron chi connectivity index (χ3n) is 6.34. The number of fused-ring (bicyclic) bond motifs is 3. The minimum atomic E-state index is -4.87. The zero-order chi connectivity index (χ0) is 28.5. The predicted molar refractivity (Wildman–Crippen MR) is 125 cm³/mol. The number of H-pyrrole nitrogens is 1. The van der Waals surface area contributed by atoms with Crippen LogP contribution in [0.3, 0.4) is 0 Å². The van der Waals surface area contributed by atoms with E-state index in [-0.39, 0.29) is 56.5 Å². The molecule has 0 unspecified atom stereocenters. The number of aromatic amines is 1. The highest BCUT2D eigenvalue weighted by Crippen LogP contribution is 2.39. The van der Waals surface area contributed by atoms with Crippen LogP contribution in [0.1, 0.15) is 31.4 Å². The standard InChI is InChI=1S/C23H26F6N6O4/c1-12(32-16-7-31-33-21(37)19(16)23(27,28)29)10-38-4-3-18(36)34-8-13(2)35-15(9-34)11-39-17-5-14(22(24,25)26)6-30-20(17)35/h5-7,12-13,15H,3-4,8-11H2,1-2H3,(H2,32,33,37)/t12-,13+,15-/m0/s1. The van der Waals surface area contributed by atoms with E-state index >= 15 is 0 Å². The summed E-state index contributed by atoms with van der Waals surface area (Å²) in [6.07, 6.45) is -7.78. The van der Waals surface area contributed by atoms with Gasteiger partial charge in [-0.05, 0) is 19.9 Å². The molecule has 39 heavy (non-hydrogen) atoms. The number of pyridine rings is 1. The maximum Gasteiger partial charge on any atom is 0.423 e. The molecule has 2 N–H and O–H groups in total. The van der Waals surface area contributed by atoms with E-state index in [1.165, 1.54) is 0 Å². The molecule has 1 amide bonds. The second-order valence-electron chi connectivity index (χ2n) is 9.42. The summed E-state index contributed by atoms with van der Waals surface area (Å²) in [5.41, 5.74) is -4.14. The molecule has 2 aromatic rings. The summed E-state index contributed by atoms with van der Waals surface area (Å²) in [6.45, 7) is 4.02. The minimum Gasteiger partial charge on any atom is -0.487 e. The number of carbonyl (C=O) groups is 1. The quantitative estimate of drug-likeness (QED) is 0.390. The van der Waals surface area contributed by atoms with Crippen molar-refractivity contribution in [2.24, 2.45) is 0 Å². The normalized spacial score (nSPS) is 20.1. The van der Waals surface area contributed by atoms with Crippen LogP contribution in [-0.4, -0.2) is 77.0 Å². The lowest BCUT2D eigenvalue weighted by Crippen LogP contribution is -2.62. The first kappa shape index (κ1) is 28.4. The molecule has 0 radical (unpaired) electrons. The Hall–Kier alpha value is -3.56. The molecular weight excluding hydrogens is 538 g/mol. The first-order valence-electron chi connectivity index (χ1n) is 12.0. The van der Waals surface area contributed by atoms with E-state index in [2.05, 4.69) is 15.4 Å². The second kappa shape index (κ2) is 10.9. The van der Waals surface area contributed by atoms with E-state index in [0.717, 1.165) is 18.5 Å². The highest BCUT2D eigenvalue weighted by Gasteiger charge is 2.41. The summed E-state index contributed by atoms with van der Waals surface area (Å²) in [6, 6.07) is -0.245. The Morgan fingerprint density at radius 1 is 1.23 bits per heavy atom. The molecule has 4 heterocycles. The predicted octanol–water partition coefficient (Wildman–Crippen LogP) is 2.91. The fourth-order valence-corrected chi connectivity index (χ4v) is 4.65. The van der Waals surface area contributed by atoms with Gasteiger partial charge in [-0.3, -0.25) is 9.59 Å². The Bertz CT molecular complexity index is 1250. The number of amides is 1. The van der Waals surface area contributed by atoms with Gasteiger partial charge in [-0.15, -0.1) is 0 Å². The molecule has 2 aliphatic rings. The molecule has 214 valence electrons. The second-order valence-corrected chi connectivity index (χ2v) is 9.42. The van der Waals surface area contributed by atoms with E-state index in [9.17, 15) is 35.9 Å². The molecule has 0 saturated carbocycles. The minimum absolute atomic E-state index is 0.00493. The third-order valence-corrected chi connectivity index (χ3v) is 6.34. The largest absolute Gasteiger partial charge is 0.487 e. The molecule has 16 heteroatoms. The van der Waals surface area contributed by atoms with Crippen LogP contribution in [0, 0.1) is 0 Å². The summed E-state index contributed by atoms with van der Waals surface area (Å²) in [5.74, 6) is 0.126. The van der Waals surface area contributed by atoms with Gasteiger partial charge in [-0.25, -0.2) is 10.1 Å². The Balaban J connectivity index is 1.27. The smallest absolute Gasteiger partial charge is 0.423 e. The molecular formula is C23H26F6N6O4. The van der Waals surface area contributed by atoms with Crippen LogP contribution in [0.15, 0.2) is 23.3 Å². The highest BCUT2D eigenvalue weighted by molar-refractivity contribution is 5.77. The third kappa shape index (κ3) is 6.37. The first-order chi connectivity index (χ1) is 18.3. The van der Waals surface area contributed by atoms with Crippen molar-refractivity contribution in [3.05, 3.63) is 39.9 Å². The highest BCUT2D eigenvalue weighted by atomic mass is 19.4. The van der Waals surface area contributed by atoms with Crippen LogP contribution in [-0.2, 0) is 21.9 Å². The number of hydrogen-bond acceptors (Lipinski definition) is 8. The van der Waals surface area contributed by atoms with Crippen molar-refractivity contribution in [2.75, 3.05) is 43.1 Å². The number of carbonyl (C=O) groups excluding carboxylic acids is 1. The maximum atomic E-state index is 13.2. The van der Waals surface area contributed by atoms with Gasteiger partial charge in [-0.2, -0.15) is 31.4 Å². The lowest BCUT2D eigenvalue weighted by Gasteiger charge is -2.48. The van der Waals surface area contributed by atoms with Crippen LogP contribution in [0.5, 0.6) is 5.75 Å². The number of anilines is 2. The van der Waals surface area contributed by atoms with Crippen LogP contribution in [0.2, 0.25) is 0 Å². The number of aromatic nitrogens is 3. The summed E-state index contributed by atoms with van der Waals surface area (Å²) in [7, 11) is 0. The Labute approximate surface area is 218 Å². The lowest BCUT2D eigenvalue weighted by atomic mass is 10.0. The van der Waals surface area contributed by atoms with Crippen molar-refractivity contribution in [3.63, 3.8) is 0 Å². The topological polar surface area (TPSA) is 113 Å². The number of halogens is 6. The van der Waals surface area contributed by atoms with E-state index in [1.54, 1.807) is 16.9 Å². The van der Waals surface area contributed by atoms with Gasteiger partial charge < -0.3 is 24.6 Å². The van der Waals surface area contributed by atoms with Crippen molar-refractivity contribution in [2.45, 2.75) is 50.7 Å². The van der Waals surface area contributed by atoms with E-state index in [1.807, 2.05) is 11.8 Å². The summed E-state index contributed by atoms with van der Waals surface area (Å²) < 4.78 is 89.6. The molecule has 1 saturated heterocycles. The molecule has 10 nitrogen and oxygen atoms in total. The van der Waals surface area contributed by atoms with Crippen LogP contribution < -0.4 is 20.5 Å². The maximum absolute atomic E-state index is 13.2. The van der Waals surface area contributed by atoms with Crippen LogP contribution in [0.25, 0.3) is 0 Å². The molecule has 3 atom stereocenters. The molecule has 0 spiro atoms. The van der Waals surface area contributed by atoms with Crippen molar-refractivity contribution >= 4 is 17.4 Å². The van der Waals surface area contributed by atoms with E-state index in [0.29, 0.717) is 12.4 Å². The van der Waals surface area contributed by atoms with Crippen molar-refractivity contribution in [3.8, 4) is 5.75 Å². The number of piperazine rings is 1. The van der Waals surface area contributed by atoms with Crippen LogP contribution in [0.4, 0.5) is 37.8 Å². The average Bonchev–Trinajstić information content (AvgIpc) is 2.84. The fourth-order valence-electron chi connectivity index (χ4n) is 4.65. The summed E-state index contributed by atoms with van der Waals surface area (Å²) in [4.78, 5) is 31.8. The number of nitrogens with zero attached hydrogens (tertiary/aromatic N) is 4. The van der Waals surface area contributed by atoms with Gasteiger partial charge in [-0.1, -0.05) is 0 Å². The zero-order valence-corrected chi connectivity index (χ0v) is 20.9. The Morgan fingerprint density at radius 3 is 2.67 bits per heavy atom. The molecule has 0 aliphatic carbocycles. The number of hydrogen-bond donors (Lipinski definition) is 2. The molecule has 2 aromatic heterocycles. The monoisotopic (exact) mass is 564 g/mol. The molecule has 0 aromatic carbocycles. The average molecular weight is 564 g/mol. The number of nitrogens with one attached hydrogen (secondary N) is 2. The fraction of sp³-hybridized carbons (Fsp3) is 0.565. The number of ether oxygens (including phenoxy) is 2. The molecule has 2 aliphatic heterocycles. The van der Waals surface area contributed by atoms with Gasteiger partial charge in [0, 0.05) is 31.4 Å². The van der Waals surface area contributed by atoms with Gasteiger partial charge in [0.2, 0.25) is 5.91 Å². The Kier molecular flexibility index (Phi) is 7.95. The van der Waals surface area contributed by atoms with Gasteiger partial charge >= 0.3 is 12.4 Å². The van der Waals surface area contributed by atoms with Crippen LogP contribution >= 0.6 is 0 Å². The lowest BCUT2D eigenvalue weighted by molar-refractivity contribution is -0.138. The van der Waals surface area contributed by atoms with Gasteiger partial charge in [0.05, 0.1) is 43.1 Å². The summed E-state index contributed by atoms with van der Waals surface area (Å²) in [5, 5.41) is 7.70. The molecule has 0 bridgehead atoms. The van der Waals surface area contributed by atoms with E-state index in [4.69, 9.17) is 9.47 Å².